The van der Waals surface area contributed by atoms with E-state index in [0.717, 1.165) is 10.7 Å². The quantitative estimate of drug-likeness (QED) is 0.875. The highest BCUT2D eigenvalue weighted by atomic mass is 32.1. The van der Waals surface area contributed by atoms with Gasteiger partial charge in [0.2, 0.25) is 0 Å². The molecule has 0 aliphatic carbocycles. The summed E-state index contributed by atoms with van der Waals surface area (Å²) in [4.78, 5) is 16.0. The maximum absolute atomic E-state index is 11.5. The van der Waals surface area contributed by atoms with Crippen LogP contribution < -0.4 is 5.32 Å². The van der Waals surface area contributed by atoms with E-state index in [1.165, 1.54) is 0 Å². The van der Waals surface area contributed by atoms with Gasteiger partial charge in [0.1, 0.15) is 5.60 Å². The third kappa shape index (κ3) is 6.34. The molecule has 0 fully saturated rings. The van der Waals surface area contributed by atoms with E-state index in [9.17, 15) is 4.79 Å². The lowest BCUT2D eigenvalue weighted by Gasteiger charge is -2.19. The second-order valence-corrected chi connectivity index (χ2v) is 6.39. The van der Waals surface area contributed by atoms with Crippen LogP contribution in [-0.4, -0.2) is 29.8 Å². The van der Waals surface area contributed by atoms with Crippen molar-refractivity contribution >= 4 is 17.4 Å². The second-order valence-electron chi connectivity index (χ2n) is 5.44. The third-order valence-corrected chi connectivity index (χ3v) is 3.34. The molecule has 114 valence electrons. The van der Waals surface area contributed by atoms with Gasteiger partial charge >= 0.3 is 6.09 Å². The number of carbonyl (C=O) groups is 1. The highest BCUT2D eigenvalue weighted by molar-refractivity contribution is 7.09. The number of thiazole rings is 1. The number of ether oxygens (including phenoxy) is 2. The van der Waals surface area contributed by atoms with E-state index in [2.05, 4.69) is 10.3 Å². The number of alkyl carbamates (subject to hydrolysis) is 1. The average molecular weight is 300 g/mol. The number of hydrogen-bond acceptors (Lipinski definition) is 5. The van der Waals surface area contributed by atoms with Gasteiger partial charge in [0.25, 0.3) is 0 Å². The number of hydrogen-bond donors (Lipinski definition) is 1. The van der Waals surface area contributed by atoms with Crippen molar-refractivity contribution in [1.82, 2.24) is 10.3 Å². The zero-order valence-corrected chi connectivity index (χ0v) is 13.7. The van der Waals surface area contributed by atoms with E-state index in [1.54, 1.807) is 11.3 Å². The van der Waals surface area contributed by atoms with Crippen molar-refractivity contribution in [3.05, 3.63) is 16.1 Å². The van der Waals surface area contributed by atoms with Crippen molar-refractivity contribution in [1.29, 1.82) is 0 Å². The van der Waals surface area contributed by atoms with Gasteiger partial charge in [-0.1, -0.05) is 0 Å². The van der Waals surface area contributed by atoms with Gasteiger partial charge in [-0.15, -0.1) is 11.3 Å². The maximum Gasteiger partial charge on any atom is 0.407 e. The highest BCUT2D eigenvalue weighted by Crippen LogP contribution is 2.19. The number of nitrogens with one attached hydrogen (secondary N) is 1. The van der Waals surface area contributed by atoms with E-state index < -0.39 is 11.7 Å². The molecule has 1 aromatic heterocycles. The van der Waals surface area contributed by atoms with Gasteiger partial charge in [-0.3, -0.25) is 0 Å². The van der Waals surface area contributed by atoms with Gasteiger partial charge in [0.15, 0.2) is 0 Å². The summed E-state index contributed by atoms with van der Waals surface area (Å²) in [5.74, 6) is 0. The Bertz CT molecular complexity index is 426. The molecule has 5 nitrogen and oxygen atoms in total. The largest absolute Gasteiger partial charge is 0.444 e. The summed E-state index contributed by atoms with van der Waals surface area (Å²) in [5, 5.41) is 5.72. The summed E-state index contributed by atoms with van der Waals surface area (Å²) in [5.41, 5.74) is 0.481. The van der Waals surface area contributed by atoms with Crippen LogP contribution in [0.2, 0.25) is 0 Å². The molecule has 0 radical (unpaired) electrons. The van der Waals surface area contributed by atoms with E-state index >= 15 is 0 Å². The van der Waals surface area contributed by atoms with Crippen LogP contribution in [0.25, 0.3) is 0 Å². The fourth-order valence-electron chi connectivity index (χ4n) is 1.55. The van der Waals surface area contributed by atoms with Crippen LogP contribution in [0.4, 0.5) is 4.79 Å². The molecule has 0 saturated carbocycles. The highest BCUT2D eigenvalue weighted by Gasteiger charge is 2.16. The number of aromatic nitrogens is 1. The first-order valence-corrected chi connectivity index (χ1v) is 7.72. The molecule has 20 heavy (non-hydrogen) atoms. The third-order valence-electron chi connectivity index (χ3n) is 2.41. The van der Waals surface area contributed by atoms with Gasteiger partial charge < -0.3 is 14.8 Å². The standard InChI is InChI=1S/C14H24N2O3S/c1-6-18-10(2)11-9-20-12(16-11)7-8-15-13(17)19-14(3,4)5/h9-10H,6-8H2,1-5H3,(H,15,17). The number of carbonyl (C=O) groups excluding carboxylic acids is 1. The summed E-state index contributed by atoms with van der Waals surface area (Å²) in [6.45, 7) is 10.7. The van der Waals surface area contributed by atoms with E-state index in [0.29, 0.717) is 19.6 Å². The molecule has 1 N–H and O–H groups in total. The predicted octanol–water partition coefficient (Wildman–Crippen LogP) is 3.31. The molecule has 1 atom stereocenters. The summed E-state index contributed by atoms with van der Waals surface area (Å²) in [7, 11) is 0. The maximum atomic E-state index is 11.5. The molecule has 1 amide bonds. The minimum absolute atomic E-state index is 0.0174. The molecule has 0 aromatic carbocycles. The van der Waals surface area contributed by atoms with Gasteiger partial charge in [0, 0.05) is 25.0 Å². The molecular weight excluding hydrogens is 276 g/mol. The molecule has 1 unspecified atom stereocenters. The molecular formula is C14H24N2O3S. The fourth-order valence-corrected chi connectivity index (χ4v) is 2.43. The van der Waals surface area contributed by atoms with Crippen LogP contribution in [0.5, 0.6) is 0 Å². The molecule has 0 aliphatic heterocycles. The second kappa shape index (κ2) is 7.59. The molecule has 1 rings (SSSR count). The lowest BCUT2D eigenvalue weighted by molar-refractivity contribution is 0.0528. The zero-order valence-electron chi connectivity index (χ0n) is 12.9. The smallest absolute Gasteiger partial charge is 0.407 e. The average Bonchev–Trinajstić information content (AvgIpc) is 2.75. The fraction of sp³-hybridized carbons (Fsp3) is 0.714. The SMILES string of the molecule is CCOC(C)c1csc(CCNC(=O)OC(C)(C)C)n1. The van der Waals surface area contributed by atoms with Gasteiger partial charge in [0.05, 0.1) is 16.8 Å². The Morgan fingerprint density at radius 3 is 2.80 bits per heavy atom. The normalized spacial score (nSPS) is 13.1. The zero-order chi connectivity index (χ0) is 15.2. The first kappa shape index (κ1) is 16.9. The molecule has 1 heterocycles. The summed E-state index contributed by atoms with van der Waals surface area (Å²) in [6, 6.07) is 0. The molecule has 0 saturated heterocycles. The van der Waals surface area contributed by atoms with Crippen LogP contribution in [0.15, 0.2) is 5.38 Å². The van der Waals surface area contributed by atoms with Crippen molar-refractivity contribution in [2.75, 3.05) is 13.2 Å². The number of nitrogens with zero attached hydrogens (tertiary/aromatic N) is 1. The first-order chi connectivity index (χ1) is 9.31. The van der Waals surface area contributed by atoms with E-state index in [1.807, 2.05) is 40.0 Å². The van der Waals surface area contributed by atoms with Crippen LogP contribution >= 0.6 is 11.3 Å². The Kier molecular flexibility index (Phi) is 6.42. The van der Waals surface area contributed by atoms with Crippen molar-refractivity contribution in [2.24, 2.45) is 0 Å². The minimum atomic E-state index is -0.467. The number of rotatable bonds is 6. The Morgan fingerprint density at radius 1 is 1.50 bits per heavy atom. The summed E-state index contributed by atoms with van der Waals surface area (Å²) in [6.07, 6.45) is 0.323. The molecule has 1 aromatic rings. The number of amides is 1. The van der Waals surface area contributed by atoms with Crippen LogP contribution in [-0.2, 0) is 15.9 Å². The lowest BCUT2D eigenvalue weighted by atomic mass is 10.2. The molecule has 0 bridgehead atoms. The van der Waals surface area contributed by atoms with Crippen LogP contribution in [0.3, 0.4) is 0 Å². The van der Waals surface area contributed by atoms with Crippen molar-refractivity contribution < 1.29 is 14.3 Å². The monoisotopic (exact) mass is 300 g/mol. The molecule has 0 spiro atoms. The summed E-state index contributed by atoms with van der Waals surface area (Å²) < 4.78 is 10.7. The Balaban J connectivity index is 2.34. The van der Waals surface area contributed by atoms with Crippen LogP contribution in [0.1, 0.15) is 51.4 Å². The minimum Gasteiger partial charge on any atom is -0.444 e. The van der Waals surface area contributed by atoms with Crippen molar-refractivity contribution in [3.8, 4) is 0 Å². The topological polar surface area (TPSA) is 60.5 Å². The Labute approximate surface area is 124 Å². The predicted molar refractivity (Wildman–Crippen MR) is 80.1 cm³/mol. The summed E-state index contributed by atoms with van der Waals surface area (Å²) >= 11 is 1.59. The Hall–Kier alpha value is -1.14. The molecule has 0 aliphatic rings. The molecule has 6 heteroatoms. The van der Waals surface area contributed by atoms with Gasteiger partial charge in [-0.05, 0) is 34.6 Å². The lowest BCUT2D eigenvalue weighted by Crippen LogP contribution is -2.33. The first-order valence-electron chi connectivity index (χ1n) is 6.84. The van der Waals surface area contributed by atoms with Gasteiger partial charge in [-0.25, -0.2) is 9.78 Å². The Morgan fingerprint density at radius 2 is 2.20 bits per heavy atom. The van der Waals surface area contributed by atoms with E-state index in [4.69, 9.17) is 9.47 Å². The van der Waals surface area contributed by atoms with Crippen molar-refractivity contribution in [2.45, 2.75) is 52.7 Å². The van der Waals surface area contributed by atoms with E-state index in [-0.39, 0.29) is 6.10 Å². The van der Waals surface area contributed by atoms with Crippen LogP contribution in [0, 0.1) is 0 Å². The van der Waals surface area contributed by atoms with Crippen molar-refractivity contribution in [3.63, 3.8) is 0 Å². The van der Waals surface area contributed by atoms with Gasteiger partial charge in [-0.2, -0.15) is 0 Å².